The Balaban J connectivity index is 1.34. The molecule has 0 radical (unpaired) electrons. The van der Waals surface area contributed by atoms with Crippen molar-refractivity contribution in [2.24, 2.45) is 0 Å². The van der Waals surface area contributed by atoms with Crippen LogP contribution in [0.5, 0.6) is 5.75 Å². The number of fused-ring (bicyclic) bond motifs is 1. The van der Waals surface area contributed by atoms with Gasteiger partial charge in [-0.25, -0.2) is 9.37 Å². The Morgan fingerprint density at radius 3 is 2.66 bits per heavy atom. The summed E-state index contributed by atoms with van der Waals surface area (Å²) in [6.45, 7) is 5.13. The monoisotopic (exact) mass is 413 g/mol. The Hall–Kier alpha value is -2.51. The van der Waals surface area contributed by atoms with Gasteiger partial charge in [0.15, 0.2) is 11.6 Å². The fourth-order valence-electron chi connectivity index (χ4n) is 3.69. The predicted octanol–water partition coefficient (Wildman–Crippen LogP) is 3.89. The van der Waals surface area contributed by atoms with Crippen LogP contribution >= 0.6 is 11.3 Å². The van der Waals surface area contributed by atoms with Crippen molar-refractivity contribution in [2.45, 2.75) is 19.4 Å². The van der Waals surface area contributed by atoms with Crippen molar-refractivity contribution in [1.82, 2.24) is 14.8 Å². The van der Waals surface area contributed by atoms with E-state index in [0.717, 1.165) is 23.6 Å². The summed E-state index contributed by atoms with van der Waals surface area (Å²) in [5.41, 5.74) is 1.71. The first-order valence-electron chi connectivity index (χ1n) is 9.75. The molecule has 0 spiro atoms. The minimum absolute atomic E-state index is 0.0295. The van der Waals surface area contributed by atoms with E-state index in [2.05, 4.69) is 17.9 Å². The van der Waals surface area contributed by atoms with Crippen LogP contribution in [0.25, 0.3) is 10.2 Å². The number of hydrogen-bond acceptors (Lipinski definition) is 5. The number of rotatable bonds is 5. The van der Waals surface area contributed by atoms with Crippen molar-refractivity contribution in [2.75, 3.05) is 33.3 Å². The summed E-state index contributed by atoms with van der Waals surface area (Å²) in [5.74, 6) is -0.215. The highest BCUT2D eigenvalue weighted by atomic mass is 32.1. The maximum Gasteiger partial charge on any atom is 0.227 e. The molecular weight excluding hydrogens is 389 g/mol. The van der Waals surface area contributed by atoms with Gasteiger partial charge in [0.25, 0.3) is 0 Å². The summed E-state index contributed by atoms with van der Waals surface area (Å²) in [6.07, 6.45) is 0.203. The zero-order chi connectivity index (χ0) is 20.4. The van der Waals surface area contributed by atoms with Crippen molar-refractivity contribution in [3.63, 3.8) is 0 Å². The lowest BCUT2D eigenvalue weighted by molar-refractivity contribution is -0.132. The Morgan fingerprint density at radius 2 is 1.97 bits per heavy atom. The van der Waals surface area contributed by atoms with Crippen LogP contribution < -0.4 is 4.74 Å². The number of piperazine rings is 1. The normalized spacial score (nSPS) is 16.2. The summed E-state index contributed by atoms with van der Waals surface area (Å²) in [5, 5.41) is 1.11. The van der Waals surface area contributed by atoms with Gasteiger partial charge in [0.1, 0.15) is 5.01 Å². The lowest BCUT2D eigenvalue weighted by Gasteiger charge is -2.37. The number of carbonyl (C=O) groups is 1. The Kier molecular flexibility index (Phi) is 5.78. The van der Waals surface area contributed by atoms with E-state index in [9.17, 15) is 9.18 Å². The van der Waals surface area contributed by atoms with E-state index in [4.69, 9.17) is 9.72 Å². The van der Waals surface area contributed by atoms with E-state index >= 15 is 0 Å². The van der Waals surface area contributed by atoms with Gasteiger partial charge in [-0.05, 0) is 36.8 Å². The molecule has 0 aliphatic carbocycles. The van der Waals surface area contributed by atoms with Gasteiger partial charge in [0.2, 0.25) is 5.91 Å². The van der Waals surface area contributed by atoms with Gasteiger partial charge in [0.05, 0.1) is 29.8 Å². The summed E-state index contributed by atoms with van der Waals surface area (Å²) in [6, 6.07) is 13.1. The van der Waals surface area contributed by atoms with Crippen LogP contribution in [0.4, 0.5) is 4.39 Å². The van der Waals surface area contributed by atoms with Gasteiger partial charge < -0.3 is 9.64 Å². The largest absolute Gasteiger partial charge is 0.494 e. The van der Waals surface area contributed by atoms with Gasteiger partial charge >= 0.3 is 0 Å². The first kappa shape index (κ1) is 19.8. The molecule has 7 heteroatoms. The summed E-state index contributed by atoms with van der Waals surface area (Å²) in [7, 11) is 1.43. The zero-order valence-corrected chi connectivity index (χ0v) is 17.4. The lowest BCUT2D eigenvalue weighted by Crippen LogP contribution is -2.49. The highest BCUT2D eigenvalue weighted by Crippen LogP contribution is 2.30. The maximum absolute atomic E-state index is 13.9. The third-order valence-corrected chi connectivity index (χ3v) is 6.66. The van der Waals surface area contributed by atoms with Crippen molar-refractivity contribution in [1.29, 1.82) is 0 Å². The molecule has 29 heavy (non-hydrogen) atoms. The number of ether oxygens (including phenoxy) is 1. The number of benzene rings is 2. The first-order chi connectivity index (χ1) is 14.0. The Bertz CT molecular complexity index is 981. The number of halogens is 1. The molecule has 0 N–H and O–H groups in total. The molecule has 2 heterocycles. The molecule has 1 aliphatic rings. The minimum atomic E-state index is -0.438. The lowest BCUT2D eigenvalue weighted by atomic mass is 10.1. The molecule has 2 aromatic carbocycles. The Labute approximate surface area is 173 Å². The van der Waals surface area contributed by atoms with E-state index in [1.165, 1.54) is 17.9 Å². The first-order valence-corrected chi connectivity index (χ1v) is 10.6. The molecule has 5 nitrogen and oxygen atoms in total. The van der Waals surface area contributed by atoms with Crippen LogP contribution in [-0.4, -0.2) is 54.0 Å². The smallest absolute Gasteiger partial charge is 0.227 e. The van der Waals surface area contributed by atoms with Crippen molar-refractivity contribution in [3.05, 3.63) is 58.9 Å². The van der Waals surface area contributed by atoms with Crippen molar-refractivity contribution < 1.29 is 13.9 Å². The molecule has 4 rings (SSSR count). The molecule has 3 aromatic rings. The van der Waals surface area contributed by atoms with E-state index < -0.39 is 5.82 Å². The van der Waals surface area contributed by atoms with Gasteiger partial charge in [-0.2, -0.15) is 0 Å². The molecule has 0 unspecified atom stereocenters. The molecule has 1 fully saturated rings. The predicted molar refractivity (Wildman–Crippen MR) is 113 cm³/mol. The number of aromatic nitrogens is 1. The number of carbonyl (C=O) groups excluding carboxylic acids is 1. The second kappa shape index (κ2) is 8.47. The average molecular weight is 414 g/mol. The fraction of sp³-hybridized carbons (Fsp3) is 0.364. The second-order valence-electron chi connectivity index (χ2n) is 7.26. The number of methoxy groups -OCH3 is 1. The van der Waals surface area contributed by atoms with E-state index in [-0.39, 0.29) is 24.1 Å². The molecule has 0 saturated carbocycles. The van der Waals surface area contributed by atoms with Crippen LogP contribution in [0.15, 0.2) is 42.5 Å². The fourth-order valence-corrected chi connectivity index (χ4v) is 4.74. The molecule has 1 aromatic heterocycles. The molecule has 1 saturated heterocycles. The Morgan fingerprint density at radius 1 is 1.21 bits per heavy atom. The van der Waals surface area contributed by atoms with Crippen molar-refractivity contribution in [3.8, 4) is 5.75 Å². The third kappa shape index (κ3) is 4.26. The highest BCUT2D eigenvalue weighted by molar-refractivity contribution is 7.18. The molecule has 1 atom stereocenters. The maximum atomic E-state index is 13.9. The van der Waals surface area contributed by atoms with Gasteiger partial charge in [-0.15, -0.1) is 11.3 Å². The highest BCUT2D eigenvalue weighted by Gasteiger charge is 2.26. The third-order valence-electron chi connectivity index (χ3n) is 5.45. The quantitative estimate of drug-likeness (QED) is 0.637. The number of para-hydroxylation sites is 1. The average Bonchev–Trinajstić information content (AvgIpc) is 3.18. The van der Waals surface area contributed by atoms with Crippen LogP contribution in [0.2, 0.25) is 0 Å². The molecule has 152 valence electrons. The van der Waals surface area contributed by atoms with E-state index in [1.54, 1.807) is 23.5 Å². The van der Waals surface area contributed by atoms with E-state index in [0.29, 0.717) is 18.7 Å². The SMILES string of the molecule is COc1ccc(CC(=O)N2CCN([C@H](C)c3nc4ccccc4s3)CC2)cc1F. The zero-order valence-electron chi connectivity index (χ0n) is 16.6. The summed E-state index contributed by atoms with van der Waals surface area (Å²) < 4.78 is 20.0. The minimum Gasteiger partial charge on any atom is -0.494 e. The topological polar surface area (TPSA) is 45.7 Å². The number of nitrogens with zero attached hydrogens (tertiary/aromatic N) is 3. The number of amides is 1. The van der Waals surface area contributed by atoms with Crippen LogP contribution in [0.3, 0.4) is 0 Å². The second-order valence-corrected chi connectivity index (χ2v) is 8.32. The van der Waals surface area contributed by atoms with Crippen LogP contribution in [0, 0.1) is 5.82 Å². The van der Waals surface area contributed by atoms with Crippen molar-refractivity contribution >= 4 is 27.5 Å². The van der Waals surface area contributed by atoms with Crippen LogP contribution in [-0.2, 0) is 11.2 Å². The van der Waals surface area contributed by atoms with E-state index in [1.807, 2.05) is 23.1 Å². The van der Waals surface area contributed by atoms with Gasteiger partial charge in [0, 0.05) is 26.2 Å². The number of thiazole rings is 1. The summed E-state index contributed by atoms with van der Waals surface area (Å²) >= 11 is 1.73. The van der Waals surface area contributed by atoms with Gasteiger partial charge in [-0.1, -0.05) is 18.2 Å². The molecule has 1 amide bonds. The molecule has 1 aliphatic heterocycles. The standard InChI is InChI=1S/C22H24FN3O2S/c1-15(22-24-18-5-3-4-6-20(18)29-22)25-9-11-26(12-10-25)21(27)14-16-7-8-19(28-2)17(23)13-16/h3-8,13,15H,9-12,14H2,1-2H3/t15-/m1/s1. The van der Waals surface area contributed by atoms with Gasteiger partial charge in [-0.3, -0.25) is 9.69 Å². The number of hydrogen-bond donors (Lipinski definition) is 0. The van der Waals surface area contributed by atoms with Crippen LogP contribution in [0.1, 0.15) is 23.5 Å². The summed E-state index contributed by atoms with van der Waals surface area (Å²) in [4.78, 5) is 21.6. The molecular formula is C22H24FN3O2S. The molecule has 0 bridgehead atoms.